The van der Waals surface area contributed by atoms with Crippen molar-refractivity contribution in [3.63, 3.8) is 0 Å². The highest BCUT2D eigenvalue weighted by atomic mass is 32.2. The number of rotatable bonds is 16. The highest BCUT2D eigenvalue weighted by Gasteiger charge is 2.11. The first-order valence-electron chi connectivity index (χ1n) is 14.6. The van der Waals surface area contributed by atoms with Crippen molar-refractivity contribution in [2.24, 2.45) is 0 Å². The summed E-state index contributed by atoms with van der Waals surface area (Å²) in [6.45, 7) is 4.89. The summed E-state index contributed by atoms with van der Waals surface area (Å²) in [5.74, 6) is 0.945. The van der Waals surface area contributed by atoms with Crippen molar-refractivity contribution in [3.8, 4) is 22.6 Å². The van der Waals surface area contributed by atoms with Crippen molar-refractivity contribution in [1.82, 2.24) is 9.55 Å². The van der Waals surface area contributed by atoms with E-state index in [1.165, 1.54) is 12.2 Å². The van der Waals surface area contributed by atoms with Gasteiger partial charge in [0.15, 0.2) is 0 Å². The molecule has 0 saturated carbocycles. The number of anilines is 1. The van der Waals surface area contributed by atoms with Crippen LogP contribution in [0.5, 0.6) is 11.5 Å². The van der Waals surface area contributed by atoms with Crippen molar-refractivity contribution in [3.05, 3.63) is 96.6 Å². The Labute approximate surface area is 259 Å². The van der Waals surface area contributed by atoms with Crippen LogP contribution in [0.3, 0.4) is 0 Å². The Bertz CT molecular complexity index is 1550. The lowest BCUT2D eigenvalue weighted by Gasteiger charge is -2.12. The van der Waals surface area contributed by atoms with E-state index in [2.05, 4.69) is 24.1 Å². The third kappa shape index (κ3) is 9.60. The molecule has 0 fully saturated rings. The quantitative estimate of drug-likeness (QED) is 0.102. The average molecular weight is 622 g/mol. The van der Waals surface area contributed by atoms with E-state index in [-0.39, 0.29) is 5.75 Å². The Kier molecular flexibility index (Phi) is 12.2. The van der Waals surface area contributed by atoms with Gasteiger partial charge >= 0.3 is 0 Å². The van der Waals surface area contributed by atoms with E-state index in [0.717, 1.165) is 48.4 Å². The number of hydrogen-bond donors (Lipinski definition) is 1. The summed E-state index contributed by atoms with van der Waals surface area (Å²) in [6, 6.07) is 19.6. The minimum absolute atomic E-state index is 0.240. The van der Waals surface area contributed by atoms with Gasteiger partial charge in [-0.25, -0.2) is 13.8 Å². The van der Waals surface area contributed by atoms with Gasteiger partial charge in [-0.3, -0.25) is 9.00 Å². The molecule has 1 atom stereocenters. The number of hydrogen-bond acceptors (Lipinski definition) is 5. The van der Waals surface area contributed by atoms with Crippen LogP contribution in [0.1, 0.15) is 44.4 Å². The maximum Gasteiger partial charge on any atom is 0.272 e. The number of benzene rings is 3. The fourth-order valence-electron chi connectivity index (χ4n) is 4.39. The van der Waals surface area contributed by atoms with Crippen LogP contribution in [0.4, 0.5) is 14.5 Å². The van der Waals surface area contributed by atoms with Crippen LogP contribution in [-0.4, -0.2) is 39.3 Å². The standard InChI is InChI=1S/C34H37F2N3O4S/c1-3-5-19-42-30-12-6-25(7-13-30)26-8-16-32(43-22-33(35)36)27(20-26)9-17-34(40)38-28-10-14-31(15-11-28)44(41)23-29-21-37-24-39(29)18-4-2/h6-17,20-21,24,33H,3-5,18-19,22-23H2,1-2H3,(H,38,40)/b17-9+. The zero-order valence-electron chi connectivity index (χ0n) is 24.9. The normalized spacial score (nSPS) is 12.0. The first-order chi connectivity index (χ1) is 21.4. The average Bonchev–Trinajstić information content (AvgIpc) is 3.46. The molecule has 1 N–H and O–H groups in total. The van der Waals surface area contributed by atoms with E-state index >= 15 is 0 Å². The lowest BCUT2D eigenvalue weighted by molar-refractivity contribution is -0.111. The van der Waals surface area contributed by atoms with Gasteiger partial charge in [0.05, 0.1) is 35.2 Å². The molecule has 1 unspecified atom stereocenters. The zero-order valence-corrected chi connectivity index (χ0v) is 25.7. The van der Waals surface area contributed by atoms with Crippen molar-refractivity contribution in [2.45, 2.75) is 56.7 Å². The minimum atomic E-state index is -2.63. The summed E-state index contributed by atoms with van der Waals surface area (Å²) in [4.78, 5) is 17.6. The van der Waals surface area contributed by atoms with Crippen LogP contribution in [0.25, 0.3) is 17.2 Å². The fourth-order valence-corrected chi connectivity index (χ4v) is 5.50. The number of nitrogens with zero attached hydrogens (tertiary/aromatic N) is 2. The predicted molar refractivity (Wildman–Crippen MR) is 171 cm³/mol. The molecule has 1 heterocycles. The molecule has 4 aromatic rings. The smallest absolute Gasteiger partial charge is 0.272 e. The molecule has 7 nitrogen and oxygen atoms in total. The molecule has 0 bridgehead atoms. The Balaban J connectivity index is 1.43. The highest BCUT2D eigenvalue weighted by molar-refractivity contribution is 7.84. The Morgan fingerprint density at radius 2 is 1.75 bits per heavy atom. The molecular weight excluding hydrogens is 584 g/mol. The lowest BCUT2D eigenvalue weighted by atomic mass is 10.0. The zero-order chi connectivity index (χ0) is 31.3. The molecular formula is C34H37F2N3O4S. The summed E-state index contributed by atoms with van der Waals surface area (Å²) in [6.07, 6.45) is 6.68. The number of carbonyl (C=O) groups is 1. The second-order valence-electron chi connectivity index (χ2n) is 10.1. The molecule has 0 saturated heterocycles. The molecule has 1 aromatic heterocycles. The topological polar surface area (TPSA) is 82.4 Å². The summed E-state index contributed by atoms with van der Waals surface area (Å²) >= 11 is 0. The van der Waals surface area contributed by atoms with Crippen LogP contribution >= 0.6 is 0 Å². The van der Waals surface area contributed by atoms with E-state index in [0.29, 0.717) is 28.5 Å². The molecule has 0 spiro atoms. The SMILES string of the molecule is CCCCOc1ccc(-c2ccc(OCC(F)F)c(/C=C/C(=O)Nc3ccc(S(=O)Cc4cncn4CCC)cc3)c2)cc1. The van der Waals surface area contributed by atoms with E-state index in [1.54, 1.807) is 55.0 Å². The van der Waals surface area contributed by atoms with Gasteiger partial charge in [0.25, 0.3) is 6.43 Å². The highest BCUT2D eigenvalue weighted by Crippen LogP contribution is 2.29. The van der Waals surface area contributed by atoms with E-state index in [1.807, 2.05) is 28.8 Å². The van der Waals surface area contributed by atoms with Crippen LogP contribution in [0, 0.1) is 0 Å². The molecule has 1 amide bonds. The molecule has 3 aromatic carbocycles. The van der Waals surface area contributed by atoms with Crippen molar-refractivity contribution in [2.75, 3.05) is 18.5 Å². The summed E-state index contributed by atoms with van der Waals surface area (Å²) in [5.41, 5.74) is 3.65. The monoisotopic (exact) mass is 621 g/mol. The minimum Gasteiger partial charge on any atom is -0.494 e. The van der Waals surface area contributed by atoms with E-state index in [4.69, 9.17) is 9.47 Å². The third-order valence-electron chi connectivity index (χ3n) is 6.67. The molecule has 44 heavy (non-hydrogen) atoms. The van der Waals surface area contributed by atoms with Crippen LogP contribution in [-0.2, 0) is 27.9 Å². The number of carbonyl (C=O) groups excluding carboxylic acids is 1. The Morgan fingerprint density at radius 1 is 1.00 bits per heavy atom. The first-order valence-corrected chi connectivity index (χ1v) is 15.9. The number of halogens is 2. The molecule has 0 radical (unpaired) electrons. The third-order valence-corrected chi connectivity index (χ3v) is 8.03. The van der Waals surface area contributed by atoms with Gasteiger partial charge in [0.2, 0.25) is 5.91 Å². The van der Waals surface area contributed by atoms with Gasteiger partial charge in [-0.2, -0.15) is 0 Å². The fraction of sp³-hybridized carbons (Fsp3) is 0.294. The van der Waals surface area contributed by atoms with Gasteiger partial charge in [-0.1, -0.05) is 38.5 Å². The molecule has 0 aliphatic heterocycles. The summed E-state index contributed by atoms with van der Waals surface area (Å²) < 4.78 is 51.7. The number of imidazole rings is 1. The van der Waals surface area contributed by atoms with E-state index in [9.17, 15) is 17.8 Å². The Morgan fingerprint density at radius 3 is 2.45 bits per heavy atom. The molecule has 10 heteroatoms. The number of alkyl halides is 2. The van der Waals surface area contributed by atoms with Crippen molar-refractivity contribution < 1.29 is 27.3 Å². The maximum atomic E-state index is 12.9. The van der Waals surface area contributed by atoms with Crippen LogP contribution in [0.15, 0.2) is 90.2 Å². The number of amides is 1. The predicted octanol–water partition coefficient (Wildman–Crippen LogP) is 7.74. The Hall–Kier alpha value is -4.31. The molecule has 4 rings (SSSR count). The summed E-state index contributed by atoms with van der Waals surface area (Å²) in [5, 5.41) is 2.78. The van der Waals surface area contributed by atoms with Gasteiger partial charge in [0, 0.05) is 35.0 Å². The van der Waals surface area contributed by atoms with Crippen LogP contribution in [0.2, 0.25) is 0 Å². The van der Waals surface area contributed by atoms with Gasteiger partial charge in [0.1, 0.15) is 18.1 Å². The van der Waals surface area contributed by atoms with Crippen LogP contribution < -0.4 is 14.8 Å². The van der Waals surface area contributed by atoms with Crippen molar-refractivity contribution >= 4 is 28.5 Å². The van der Waals surface area contributed by atoms with Crippen molar-refractivity contribution in [1.29, 1.82) is 0 Å². The number of ether oxygens (including phenoxy) is 2. The first kappa shape index (κ1) is 32.6. The number of nitrogens with one attached hydrogen (secondary N) is 1. The maximum absolute atomic E-state index is 12.9. The number of unbranched alkanes of at least 4 members (excludes halogenated alkanes) is 1. The number of aromatic nitrogens is 2. The second-order valence-corrected chi connectivity index (χ2v) is 11.5. The molecule has 232 valence electrons. The van der Waals surface area contributed by atoms with Gasteiger partial charge < -0.3 is 19.4 Å². The summed E-state index contributed by atoms with van der Waals surface area (Å²) in [7, 11) is -1.27. The molecule has 0 aliphatic rings. The van der Waals surface area contributed by atoms with E-state index < -0.39 is 29.7 Å². The molecule has 0 aliphatic carbocycles. The van der Waals surface area contributed by atoms with Gasteiger partial charge in [-0.05, 0) is 78.6 Å². The second kappa shape index (κ2) is 16.5. The largest absolute Gasteiger partial charge is 0.494 e. The lowest BCUT2D eigenvalue weighted by Crippen LogP contribution is -2.09. The van der Waals surface area contributed by atoms with Gasteiger partial charge in [-0.15, -0.1) is 0 Å². The number of aryl methyl sites for hydroxylation is 1.